The fourth-order valence-corrected chi connectivity index (χ4v) is 3.53. The van der Waals surface area contributed by atoms with Crippen LogP contribution in [0.4, 0.5) is 0 Å². The van der Waals surface area contributed by atoms with Crippen molar-refractivity contribution < 1.29 is 49.0 Å². The largest absolute Gasteiger partial charge is 1.00 e. The number of carboxylic acids is 1. The van der Waals surface area contributed by atoms with Crippen LogP contribution in [0.3, 0.4) is 0 Å². The topological polar surface area (TPSA) is 77.5 Å². The molecule has 146 valence electrons. The molecule has 1 amide bonds. The fourth-order valence-electron chi connectivity index (χ4n) is 3.53. The standard InChI is InChI=1S/C23H25NO4.Na/c1-3-5-11-24(12-6-4-2)22(26)15-7-9-17-18-10-8-16(23(27)28)14-20(18)21(25)19(17)13-15;/h7-10,13-14H,3-6,11-12H2,1-2H3,(H,27,28);/q;+1/p-1. The van der Waals surface area contributed by atoms with Crippen molar-refractivity contribution in [1.82, 2.24) is 4.90 Å². The second-order valence-corrected chi connectivity index (χ2v) is 7.14. The predicted molar refractivity (Wildman–Crippen MR) is 105 cm³/mol. The number of aromatic carboxylic acids is 1. The molecule has 0 bridgehead atoms. The van der Waals surface area contributed by atoms with Gasteiger partial charge in [0.05, 0.1) is 5.97 Å². The molecule has 0 N–H and O–H groups in total. The van der Waals surface area contributed by atoms with Gasteiger partial charge in [0.1, 0.15) is 0 Å². The molecule has 29 heavy (non-hydrogen) atoms. The Morgan fingerprint density at radius 3 is 1.79 bits per heavy atom. The molecule has 0 unspecified atom stereocenters. The van der Waals surface area contributed by atoms with Crippen LogP contribution in [0, 0.1) is 0 Å². The minimum Gasteiger partial charge on any atom is -0.545 e. The maximum Gasteiger partial charge on any atom is 1.00 e. The number of amides is 1. The van der Waals surface area contributed by atoms with E-state index in [1.165, 1.54) is 12.1 Å². The molecule has 0 atom stereocenters. The molecule has 0 spiro atoms. The first-order valence-electron chi connectivity index (χ1n) is 9.81. The Balaban J connectivity index is 0.00000300. The number of benzene rings is 2. The van der Waals surface area contributed by atoms with Gasteiger partial charge in [-0.3, -0.25) is 9.59 Å². The van der Waals surface area contributed by atoms with Crippen molar-refractivity contribution in [2.45, 2.75) is 39.5 Å². The van der Waals surface area contributed by atoms with Gasteiger partial charge in [-0.05, 0) is 47.7 Å². The van der Waals surface area contributed by atoms with Crippen molar-refractivity contribution in [3.8, 4) is 11.1 Å². The summed E-state index contributed by atoms with van der Waals surface area (Å²) in [6, 6.07) is 9.59. The third-order valence-electron chi connectivity index (χ3n) is 5.15. The van der Waals surface area contributed by atoms with E-state index in [2.05, 4.69) is 13.8 Å². The Morgan fingerprint density at radius 2 is 1.31 bits per heavy atom. The number of fused-ring (bicyclic) bond motifs is 3. The number of ketones is 1. The molecular formula is C23H24NNaO4. The van der Waals surface area contributed by atoms with Gasteiger partial charge in [0.2, 0.25) is 0 Å². The summed E-state index contributed by atoms with van der Waals surface area (Å²) < 4.78 is 0. The van der Waals surface area contributed by atoms with Gasteiger partial charge in [-0.1, -0.05) is 44.9 Å². The summed E-state index contributed by atoms with van der Waals surface area (Å²) in [5.41, 5.74) is 2.68. The zero-order valence-electron chi connectivity index (χ0n) is 17.3. The number of carbonyl (C=O) groups excluding carboxylic acids is 3. The monoisotopic (exact) mass is 401 g/mol. The molecule has 1 aliphatic rings. The zero-order valence-corrected chi connectivity index (χ0v) is 19.3. The smallest absolute Gasteiger partial charge is 0.545 e. The maximum absolute atomic E-state index is 13.0. The van der Waals surface area contributed by atoms with Crippen molar-refractivity contribution in [1.29, 1.82) is 0 Å². The van der Waals surface area contributed by atoms with E-state index in [9.17, 15) is 19.5 Å². The summed E-state index contributed by atoms with van der Waals surface area (Å²) in [6.45, 7) is 5.59. The Bertz CT molecular complexity index is 930. The van der Waals surface area contributed by atoms with E-state index in [1.54, 1.807) is 24.3 Å². The molecule has 0 radical (unpaired) electrons. The molecule has 6 heteroatoms. The van der Waals surface area contributed by atoms with Crippen molar-refractivity contribution in [2.75, 3.05) is 13.1 Å². The second-order valence-electron chi connectivity index (χ2n) is 7.14. The van der Waals surface area contributed by atoms with Crippen LogP contribution in [0.2, 0.25) is 0 Å². The number of nitrogens with zero attached hydrogens (tertiary/aromatic N) is 1. The van der Waals surface area contributed by atoms with Gasteiger partial charge in [-0.2, -0.15) is 0 Å². The first-order valence-corrected chi connectivity index (χ1v) is 9.81. The van der Waals surface area contributed by atoms with Crippen molar-refractivity contribution in [3.05, 3.63) is 58.7 Å². The average molecular weight is 401 g/mol. The number of carbonyl (C=O) groups is 3. The van der Waals surface area contributed by atoms with Gasteiger partial charge in [-0.25, -0.2) is 0 Å². The van der Waals surface area contributed by atoms with Crippen molar-refractivity contribution in [2.24, 2.45) is 0 Å². The van der Waals surface area contributed by atoms with Crippen molar-refractivity contribution >= 4 is 17.7 Å². The van der Waals surface area contributed by atoms with Gasteiger partial charge < -0.3 is 14.8 Å². The normalized spacial score (nSPS) is 11.4. The molecule has 0 saturated heterocycles. The average Bonchev–Trinajstić information content (AvgIpc) is 2.99. The molecule has 0 aromatic heterocycles. The van der Waals surface area contributed by atoms with Crippen molar-refractivity contribution in [3.63, 3.8) is 0 Å². The summed E-state index contributed by atoms with van der Waals surface area (Å²) in [5, 5.41) is 11.1. The number of rotatable bonds is 8. The van der Waals surface area contributed by atoms with E-state index in [1.807, 2.05) is 4.90 Å². The van der Waals surface area contributed by atoms with Crippen LogP contribution in [0.5, 0.6) is 0 Å². The molecule has 3 rings (SSSR count). The summed E-state index contributed by atoms with van der Waals surface area (Å²) in [7, 11) is 0. The molecule has 1 aliphatic carbocycles. The first kappa shape index (κ1) is 23.3. The predicted octanol–water partition coefficient (Wildman–Crippen LogP) is 0.308. The quantitative estimate of drug-likeness (QED) is 0.509. The molecule has 0 fully saturated rings. The zero-order chi connectivity index (χ0) is 20.3. The number of carboxylic acid groups (broad SMARTS) is 1. The molecule has 2 aromatic carbocycles. The van der Waals surface area contributed by atoms with E-state index in [-0.39, 0.29) is 46.8 Å². The van der Waals surface area contributed by atoms with E-state index in [4.69, 9.17) is 0 Å². The van der Waals surface area contributed by atoms with Gasteiger partial charge in [0.15, 0.2) is 5.78 Å². The van der Waals surface area contributed by atoms with Gasteiger partial charge >= 0.3 is 29.6 Å². The third kappa shape index (κ3) is 4.80. The molecule has 0 heterocycles. The fraction of sp³-hybridized carbons (Fsp3) is 0.348. The maximum atomic E-state index is 13.0. The van der Waals surface area contributed by atoms with Crippen LogP contribution in [0.25, 0.3) is 11.1 Å². The van der Waals surface area contributed by atoms with Gasteiger partial charge in [0.25, 0.3) is 5.91 Å². The summed E-state index contributed by atoms with van der Waals surface area (Å²) in [5.74, 6) is -1.63. The van der Waals surface area contributed by atoms with Crippen LogP contribution < -0.4 is 34.7 Å². The van der Waals surface area contributed by atoms with Crippen LogP contribution in [-0.4, -0.2) is 35.6 Å². The minimum atomic E-state index is -1.31. The Kier molecular flexibility index (Phi) is 8.20. The number of unbranched alkanes of at least 4 members (excludes halogenated alkanes) is 2. The molecule has 5 nitrogen and oxygen atoms in total. The summed E-state index contributed by atoms with van der Waals surface area (Å²) in [6.07, 6.45) is 3.90. The van der Waals surface area contributed by atoms with Crippen LogP contribution in [-0.2, 0) is 0 Å². The van der Waals surface area contributed by atoms with E-state index >= 15 is 0 Å². The van der Waals surface area contributed by atoms with Crippen LogP contribution >= 0.6 is 0 Å². The van der Waals surface area contributed by atoms with Crippen LogP contribution in [0.15, 0.2) is 36.4 Å². The summed E-state index contributed by atoms with van der Waals surface area (Å²) in [4.78, 5) is 38.8. The van der Waals surface area contributed by atoms with Crippen LogP contribution in [0.1, 0.15) is 76.2 Å². The number of hydrogen-bond donors (Lipinski definition) is 0. The van der Waals surface area contributed by atoms with E-state index in [0.717, 1.165) is 31.2 Å². The third-order valence-corrected chi connectivity index (χ3v) is 5.15. The van der Waals surface area contributed by atoms with E-state index in [0.29, 0.717) is 35.3 Å². The molecule has 0 saturated carbocycles. The number of hydrogen-bond acceptors (Lipinski definition) is 4. The minimum absolute atomic E-state index is 0. The Labute approximate surface area is 193 Å². The molecule has 0 aliphatic heterocycles. The SMILES string of the molecule is CCCCN(CCCC)C(=O)c1ccc2c(c1)C(=O)c1cc(C(=O)[O-])ccc1-2.[Na+]. The summed E-state index contributed by atoms with van der Waals surface area (Å²) >= 11 is 0. The first-order chi connectivity index (χ1) is 13.5. The Hall–Kier alpha value is -1.95. The molecule has 2 aromatic rings. The van der Waals surface area contributed by atoms with Gasteiger partial charge in [0, 0.05) is 29.8 Å². The second kappa shape index (κ2) is 10.2. The Morgan fingerprint density at radius 1 is 0.828 bits per heavy atom. The van der Waals surface area contributed by atoms with E-state index < -0.39 is 5.97 Å². The molecular weight excluding hydrogens is 377 g/mol. The van der Waals surface area contributed by atoms with Gasteiger partial charge in [-0.15, -0.1) is 0 Å².